The molecule has 2 aromatic carbocycles. The summed E-state index contributed by atoms with van der Waals surface area (Å²) in [4.78, 5) is 32.0. The first kappa shape index (κ1) is 21.1. The van der Waals surface area contributed by atoms with E-state index in [1.807, 2.05) is 25.4 Å². The van der Waals surface area contributed by atoms with Gasteiger partial charge in [0.15, 0.2) is 0 Å². The zero-order valence-corrected chi connectivity index (χ0v) is 18.6. The molecule has 1 fully saturated rings. The molecule has 1 aliphatic carbocycles. The number of piperazine rings is 1. The number of allylic oxidation sites excluding steroid dienone is 1. The van der Waals surface area contributed by atoms with Gasteiger partial charge in [-0.1, -0.05) is 42.5 Å². The van der Waals surface area contributed by atoms with Crippen LogP contribution < -0.4 is 5.73 Å². The highest BCUT2D eigenvalue weighted by atomic mass is 16.2. The van der Waals surface area contributed by atoms with Crippen molar-refractivity contribution in [3.8, 4) is 11.1 Å². The van der Waals surface area contributed by atoms with E-state index in [1.54, 1.807) is 17.0 Å². The molecule has 0 bridgehead atoms. The summed E-state index contributed by atoms with van der Waals surface area (Å²) in [5.41, 5.74) is 13.6. The minimum atomic E-state index is -0.422. The normalized spacial score (nSPS) is 16.0. The number of primary amides is 1. The molecule has 0 atom stereocenters. The molecule has 3 aromatic rings. The van der Waals surface area contributed by atoms with Crippen molar-refractivity contribution in [2.24, 2.45) is 5.73 Å². The van der Waals surface area contributed by atoms with E-state index >= 15 is 0 Å². The Kier molecular flexibility index (Phi) is 5.52. The van der Waals surface area contributed by atoms with Crippen molar-refractivity contribution in [3.63, 3.8) is 0 Å². The van der Waals surface area contributed by atoms with Crippen LogP contribution in [-0.2, 0) is 17.8 Å². The van der Waals surface area contributed by atoms with Crippen molar-refractivity contribution in [3.05, 3.63) is 94.8 Å². The number of aromatic nitrogens is 1. The Morgan fingerprint density at radius 3 is 2.42 bits per heavy atom. The number of pyridine rings is 1. The summed E-state index contributed by atoms with van der Waals surface area (Å²) in [5, 5.41) is 0. The molecule has 0 saturated carbocycles. The number of nitrogens with zero attached hydrogens (tertiary/aromatic N) is 3. The Bertz CT molecular complexity index is 1250. The van der Waals surface area contributed by atoms with Crippen LogP contribution in [0.3, 0.4) is 0 Å². The Hall–Kier alpha value is -3.77. The molecule has 0 spiro atoms. The van der Waals surface area contributed by atoms with Gasteiger partial charge in [0.25, 0.3) is 0 Å². The van der Waals surface area contributed by atoms with Gasteiger partial charge in [-0.2, -0.15) is 0 Å². The highest BCUT2D eigenvalue weighted by Crippen LogP contribution is 2.34. The van der Waals surface area contributed by atoms with Crippen LogP contribution in [0.25, 0.3) is 16.7 Å². The van der Waals surface area contributed by atoms with Crippen molar-refractivity contribution in [2.75, 3.05) is 26.7 Å². The molecule has 33 heavy (non-hydrogen) atoms. The summed E-state index contributed by atoms with van der Waals surface area (Å²) >= 11 is 0. The van der Waals surface area contributed by atoms with E-state index in [0.29, 0.717) is 12.1 Å². The fourth-order valence-corrected chi connectivity index (χ4v) is 4.45. The maximum absolute atomic E-state index is 12.0. The largest absolute Gasteiger partial charge is 0.366 e. The number of rotatable bonds is 5. The number of likely N-dealkylation sites (N-methyl/N-ethyl adjacent to an activating group) is 1. The lowest BCUT2D eigenvalue weighted by atomic mass is 9.97. The number of carbonyl (C=O) groups excluding carboxylic acids is 2. The number of benzene rings is 2. The average molecular weight is 439 g/mol. The molecule has 2 amide bonds. The standard InChI is InChI=1S/C27H26N4O2/c1-30-12-13-31(17-26(30)32)16-18-2-4-19(5-3-18)22-14-24-23(10-11-25(24)29-15-22)20-6-8-21(9-7-20)27(28)33/h2-10,14-15H,11-13,16-17H2,1H3,(H2,28,33). The lowest BCUT2D eigenvalue weighted by molar-refractivity contribution is -0.134. The summed E-state index contributed by atoms with van der Waals surface area (Å²) in [6.45, 7) is 2.92. The van der Waals surface area contributed by atoms with E-state index in [0.717, 1.165) is 59.6 Å². The van der Waals surface area contributed by atoms with Crippen LogP contribution in [0.2, 0.25) is 0 Å². The zero-order chi connectivity index (χ0) is 22.9. The molecular weight excluding hydrogens is 412 g/mol. The van der Waals surface area contributed by atoms with E-state index in [1.165, 1.54) is 5.56 Å². The van der Waals surface area contributed by atoms with E-state index in [-0.39, 0.29) is 5.91 Å². The third-order valence-electron chi connectivity index (χ3n) is 6.47. The van der Waals surface area contributed by atoms with E-state index in [4.69, 9.17) is 10.7 Å². The number of fused-ring (bicyclic) bond motifs is 1. The van der Waals surface area contributed by atoms with Crippen LogP contribution in [-0.4, -0.2) is 53.3 Å². The van der Waals surface area contributed by atoms with Crippen LogP contribution in [0.1, 0.15) is 32.7 Å². The molecule has 1 saturated heterocycles. The Morgan fingerprint density at radius 2 is 1.73 bits per heavy atom. The van der Waals surface area contributed by atoms with Gasteiger partial charge in [0, 0.05) is 56.0 Å². The van der Waals surface area contributed by atoms with Gasteiger partial charge in [-0.3, -0.25) is 19.5 Å². The van der Waals surface area contributed by atoms with E-state index in [9.17, 15) is 9.59 Å². The van der Waals surface area contributed by atoms with E-state index < -0.39 is 5.91 Å². The number of hydrogen-bond donors (Lipinski definition) is 1. The SMILES string of the molecule is CN1CCN(Cc2ccc(-c3cnc4c(c3)C(c3ccc(C(N)=O)cc3)=CC4)cc2)CC1=O. The summed E-state index contributed by atoms with van der Waals surface area (Å²) in [6, 6.07) is 18.1. The maximum atomic E-state index is 12.0. The second-order valence-electron chi connectivity index (χ2n) is 8.70. The lowest BCUT2D eigenvalue weighted by Gasteiger charge is -2.31. The van der Waals surface area contributed by atoms with Gasteiger partial charge < -0.3 is 10.6 Å². The van der Waals surface area contributed by atoms with E-state index in [2.05, 4.69) is 41.3 Å². The van der Waals surface area contributed by atoms with Gasteiger partial charge in [-0.25, -0.2) is 0 Å². The Morgan fingerprint density at radius 1 is 1.00 bits per heavy atom. The van der Waals surface area contributed by atoms with Gasteiger partial charge in [0.05, 0.1) is 12.2 Å². The van der Waals surface area contributed by atoms with Crippen LogP contribution in [0.4, 0.5) is 0 Å². The van der Waals surface area contributed by atoms with Gasteiger partial charge >= 0.3 is 0 Å². The van der Waals surface area contributed by atoms with Gasteiger partial charge in [-0.05, 0) is 40.5 Å². The Balaban J connectivity index is 1.34. The first-order chi connectivity index (χ1) is 16.0. The molecule has 2 aliphatic rings. The first-order valence-corrected chi connectivity index (χ1v) is 11.1. The summed E-state index contributed by atoms with van der Waals surface area (Å²) in [7, 11) is 1.86. The molecule has 2 heterocycles. The second-order valence-corrected chi connectivity index (χ2v) is 8.70. The maximum Gasteiger partial charge on any atom is 0.248 e. The number of nitrogens with two attached hydrogens (primary N) is 1. The average Bonchev–Trinajstić information content (AvgIpc) is 3.25. The molecule has 2 N–H and O–H groups in total. The summed E-state index contributed by atoms with van der Waals surface area (Å²) < 4.78 is 0. The molecule has 166 valence electrons. The van der Waals surface area contributed by atoms with Gasteiger partial charge in [0.1, 0.15) is 0 Å². The lowest BCUT2D eigenvalue weighted by Crippen LogP contribution is -2.47. The smallest absolute Gasteiger partial charge is 0.248 e. The quantitative estimate of drug-likeness (QED) is 0.664. The third-order valence-corrected chi connectivity index (χ3v) is 6.47. The minimum Gasteiger partial charge on any atom is -0.366 e. The predicted molar refractivity (Wildman–Crippen MR) is 128 cm³/mol. The molecule has 1 aromatic heterocycles. The number of carbonyl (C=O) groups is 2. The van der Waals surface area contributed by atoms with Crippen LogP contribution in [0, 0.1) is 0 Å². The Labute approximate surface area is 193 Å². The van der Waals surface area contributed by atoms with Gasteiger partial charge in [0.2, 0.25) is 11.8 Å². The van der Waals surface area contributed by atoms with Crippen molar-refractivity contribution < 1.29 is 9.59 Å². The third kappa shape index (κ3) is 4.30. The van der Waals surface area contributed by atoms with Crippen LogP contribution >= 0.6 is 0 Å². The zero-order valence-electron chi connectivity index (χ0n) is 18.6. The van der Waals surface area contributed by atoms with Crippen molar-refractivity contribution in [1.29, 1.82) is 0 Å². The first-order valence-electron chi connectivity index (χ1n) is 11.1. The molecule has 6 heteroatoms. The summed E-state index contributed by atoms with van der Waals surface area (Å²) in [6.07, 6.45) is 4.91. The fourth-order valence-electron chi connectivity index (χ4n) is 4.45. The fraction of sp³-hybridized carbons (Fsp3) is 0.222. The molecular formula is C27H26N4O2. The van der Waals surface area contributed by atoms with Crippen molar-refractivity contribution in [2.45, 2.75) is 13.0 Å². The highest BCUT2D eigenvalue weighted by molar-refractivity contribution is 5.94. The molecule has 6 nitrogen and oxygen atoms in total. The van der Waals surface area contributed by atoms with Crippen molar-refractivity contribution in [1.82, 2.24) is 14.8 Å². The minimum absolute atomic E-state index is 0.176. The molecule has 5 rings (SSSR count). The van der Waals surface area contributed by atoms with Crippen LogP contribution in [0.15, 0.2) is 66.9 Å². The highest BCUT2D eigenvalue weighted by Gasteiger charge is 2.21. The molecule has 1 aliphatic heterocycles. The number of amides is 2. The monoisotopic (exact) mass is 438 g/mol. The predicted octanol–water partition coefficient (Wildman–Crippen LogP) is 3.11. The number of hydrogen-bond acceptors (Lipinski definition) is 4. The molecule has 0 unspecified atom stereocenters. The topological polar surface area (TPSA) is 79.5 Å². The van der Waals surface area contributed by atoms with Gasteiger partial charge in [-0.15, -0.1) is 0 Å². The van der Waals surface area contributed by atoms with Crippen molar-refractivity contribution >= 4 is 17.4 Å². The van der Waals surface area contributed by atoms with Crippen LogP contribution in [0.5, 0.6) is 0 Å². The second kappa shape index (κ2) is 8.64. The molecule has 0 radical (unpaired) electrons. The summed E-state index contributed by atoms with van der Waals surface area (Å²) in [5.74, 6) is -0.246.